The molecule has 4 nitrogen and oxygen atoms in total. The molecule has 1 aromatic carbocycles. The Labute approximate surface area is 123 Å². The van der Waals surface area contributed by atoms with Crippen LogP contribution in [-0.4, -0.2) is 26.3 Å². The SMILES string of the molecule is COCCCNC(=O)N[C@@H](C)c1ccc(Cl)cc1Cl. The van der Waals surface area contributed by atoms with Gasteiger partial charge in [-0.15, -0.1) is 0 Å². The van der Waals surface area contributed by atoms with E-state index in [1.807, 2.05) is 6.92 Å². The van der Waals surface area contributed by atoms with Gasteiger partial charge in [0.05, 0.1) is 6.04 Å². The number of halogens is 2. The van der Waals surface area contributed by atoms with Crippen molar-refractivity contribution < 1.29 is 9.53 Å². The monoisotopic (exact) mass is 304 g/mol. The Morgan fingerprint density at radius 2 is 2.16 bits per heavy atom. The standard InChI is InChI=1S/C13H18Cl2N2O2/c1-9(11-5-4-10(14)8-12(11)15)17-13(18)16-6-3-7-19-2/h4-5,8-9H,3,6-7H2,1-2H3,(H2,16,17,18)/t9-/m0/s1. The van der Waals surface area contributed by atoms with E-state index in [0.29, 0.717) is 23.2 Å². The van der Waals surface area contributed by atoms with Gasteiger partial charge in [-0.05, 0) is 31.0 Å². The number of methoxy groups -OCH3 is 1. The number of benzene rings is 1. The second kappa shape index (κ2) is 8.25. The van der Waals surface area contributed by atoms with E-state index in [-0.39, 0.29) is 12.1 Å². The zero-order chi connectivity index (χ0) is 14.3. The predicted octanol–water partition coefficient (Wildman–Crippen LogP) is 3.39. The number of nitrogens with one attached hydrogen (secondary N) is 2. The van der Waals surface area contributed by atoms with Gasteiger partial charge in [0.2, 0.25) is 0 Å². The van der Waals surface area contributed by atoms with E-state index in [4.69, 9.17) is 27.9 Å². The number of urea groups is 1. The number of carbonyl (C=O) groups excluding carboxylic acids is 1. The molecule has 0 saturated heterocycles. The highest BCUT2D eigenvalue weighted by atomic mass is 35.5. The molecule has 0 radical (unpaired) electrons. The van der Waals surface area contributed by atoms with Gasteiger partial charge in [-0.25, -0.2) is 4.79 Å². The molecule has 106 valence electrons. The minimum atomic E-state index is -0.227. The van der Waals surface area contributed by atoms with Crippen molar-refractivity contribution in [3.63, 3.8) is 0 Å². The molecule has 2 amide bonds. The summed E-state index contributed by atoms with van der Waals surface area (Å²) in [4.78, 5) is 11.6. The van der Waals surface area contributed by atoms with Gasteiger partial charge in [-0.3, -0.25) is 0 Å². The Kier molecular flexibility index (Phi) is 6.99. The molecule has 0 fully saturated rings. The van der Waals surface area contributed by atoms with Crippen molar-refractivity contribution in [1.29, 1.82) is 0 Å². The van der Waals surface area contributed by atoms with Crippen molar-refractivity contribution >= 4 is 29.2 Å². The Morgan fingerprint density at radius 1 is 1.42 bits per heavy atom. The molecule has 0 aliphatic carbocycles. The van der Waals surface area contributed by atoms with Crippen LogP contribution < -0.4 is 10.6 Å². The number of ether oxygens (including phenoxy) is 1. The van der Waals surface area contributed by atoms with Crippen molar-refractivity contribution in [3.05, 3.63) is 33.8 Å². The summed E-state index contributed by atoms with van der Waals surface area (Å²) in [6.45, 7) is 3.06. The fourth-order valence-corrected chi connectivity index (χ4v) is 2.17. The van der Waals surface area contributed by atoms with E-state index < -0.39 is 0 Å². The zero-order valence-corrected chi connectivity index (χ0v) is 12.5. The minimum Gasteiger partial charge on any atom is -0.385 e. The summed E-state index contributed by atoms with van der Waals surface area (Å²) in [5, 5.41) is 6.68. The molecule has 0 aliphatic heterocycles. The molecule has 1 rings (SSSR count). The van der Waals surface area contributed by atoms with Gasteiger partial charge in [0.25, 0.3) is 0 Å². The number of carbonyl (C=O) groups is 1. The summed E-state index contributed by atoms with van der Waals surface area (Å²) >= 11 is 11.9. The van der Waals surface area contributed by atoms with Gasteiger partial charge in [0.15, 0.2) is 0 Å². The molecular formula is C13H18Cl2N2O2. The minimum absolute atomic E-state index is 0.188. The van der Waals surface area contributed by atoms with Crippen molar-refractivity contribution in [2.45, 2.75) is 19.4 Å². The average molecular weight is 305 g/mol. The summed E-state index contributed by atoms with van der Waals surface area (Å²) in [6.07, 6.45) is 0.778. The van der Waals surface area contributed by atoms with Crippen LogP contribution in [-0.2, 0) is 4.74 Å². The molecule has 0 unspecified atom stereocenters. The van der Waals surface area contributed by atoms with Crippen LogP contribution in [0, 0.1) is 0 Å². The quantitative estimate of drug-likeness (QED) is 0.792. The molecule has 2 N–H and O–H groups in total. The highest BCUT2D eigenvalue weighted by molar-refractivity contribution is 6.35. The highest BCUT2D eigenvalue weighted by Gasteiger charge is 2.12. The van der Waals surface area contributed by atoms with Gasteiger partial charge in [0.1, 0.15) is 0 Å². The molecule has 19 heavy (non-hydrogen) atoms. The van der Waals surface area contributed by atoms with Crippen LogP contribution in [0.5, 0.6) is 0 Å². The topological polar surface area (TPSA) is 50.4 Å². The van der Waals surface area contributed by atoms with Gasteiger partial charge < -0.3 is 15.4 Å². The molecule has 6 heteroatoms. The molecule has 1 atom stereocenters. The lowest BCUT2D eigenvalue weighted by molar-refractivity contribution is 0.193. The van der Waals surface area contributed by atoms with Crippen molar-refractivity contribution in [3.8, 4) is 0 Å². The largest absolute Gasteiger partial charge is 0.385 e. The molecule has 0 heterocycles. The first-order chi connectivity index (χ1) is 9.04. The second-order valence-electron chi connectivity index (χ2n) is 4.13. The maximum atomic E-state index is 11.6. The van der Waals surface area contributed by atoms with Crippen LogP contribution >= 0.6 is 23.2 Å². The van der Waals surface area contributed by atoms with Crippen molar-refractivity contribution in [2.75, 3.05) is 20.3 Å². The summed E-state index contributed by atoms with van der Waals surface area (Å²) in [5.74, 6) is 0. The number of rotatable bonds is 6. The molecule has 0 aliphatic rings. The lowest BCUT2D eigenvalue weighted by atomic mass is 10.1. The normalized spacial score (nSPS) is 12.0. The lowest BCUT2D eigenvalue weighted by Gasteiger charge is -2.16. The summed E-state index contributed by atoms with van der Waals surface area (Å²) < 4.78 is 4.90. The second-order valence-corrected chi connectivity index (χ2v) is 4.98. The smallest absolute Gasteiger partial charge is 0.315 e. The lowest BCUT2D eigenvalue weighted by Crippen LogP contribution is -2.37. The van der Waals surface area contributed by atoms with E-state index in [2.05, 4.69) is 10.6 Å². The zero-order valence-electron chi connectivity index (χ0n) is 11.0. The average Bonchev–Trinajstić information content (AvgIpc) is 2.34. The fourth-order valence-electron chi connectivity index (χ4n) is 1.60. The Morgan fingerprint density at radius 3 is 2.79 bits per heavy atom. The van der Waals surface area contributed by atoms with Gasteiger partial charge in [-0.1, -0.05) is 29.3 Å². The van der Waals surface area contributed by atoms with Gasteiger partial charge in [0, 0.05) is 30.3 Å². The number of hydrogen-bond donors (Lipinski definition) is 2. The van der Waals surface area contributed by atoms with Crippen molar-refractivity contribution in [1.82, 2.24) is 10.6 Å². The molecule has 0 saturated carbocycles. The first-order valence-corrected chi connectivity index (χ1v) is 6.78. The predicted molar refractivity (Wildman–Crippen MR) is 77.9 cm³/mol. The number of hydrogen-bond acceptors (Lipinski definition) is 2. The van der Waals surface area contributed by atoms with Crippen LogP contribution in [0.25, 0.3) is 0 Å². The van der Waals surface area contributed by atoms with Crippen LogP contribution in [0.3, 0.4) is 0 Å². The first kappa shape index (κ1) is 16.1. The van der Waals surface area contributed by atoms with E-state index in [1.54, 1.807) is 25.3 Å². The Bertz CT molecular complexity index is 427. The van der Waals surface area contributed by atoms with Crippen LogP contribution in [0.1, 0.15) is 24.9 Å². The van der Waals surface area contributed by atoms with Gasteiger partial charge >= 0.3 is 6.03 Å². The first-order valence-electron chi connectivity index (χ1n) is 6.03. The Hall–Kier alpha value is -0.970. The van der Waals surface area contributed by atoms with E-state index in [0.717, 1.165) is 12.0 Å². The highest BCUT2D eigenvalue weighted by Crippen LogP contribution is 2.25. The van der Waals surface area contributed by atoms with E-state index >= 15 is 0 Å². The summed E-state index contributed by atoms with van der Waals surface area (Å²) in [7, 11) is 1.63. The summed E-state index contributed by atoms with van der Waals surface area (Å²) in [6, 6.07) is 4.80. The third-order valence-electron chi connectivity index (χ3n) is 2.59. The molecule has 1 aromatic rings. The summed E-state index contributed by atoms with van der Waals surface area (Å²) in [5.41, 5.74) is 0.832. The molecular weight excluding hydrogens is 287 g/mol. The van der Waals surface area contributed by atoms with E-state index in [9.17, 15) is 4.79 Å². The number of amides is 2. The van der Waals surface area contributed by atoms with Crippen LogP contribution in [0.4, 0.5) is 4.79 Å². The third kappa shape index (κ3) is 5.68. The Balaban J connectivity index is 2.45. The molecule has 0 bridgehead atoms. The fraction of sp³-hybridized carbons (Fsp3) is 0.462. The van der Waals surface area contributed by atoms with Crippen LogP contribution in [0.15, 0.2) is 18.2 Å². The maximum Gasteiger partial charge on any atom is 0.315 e. The third-order valence-corrected chi connectivity index (χ3v) is 3.15. The maximum absolute atomic E-state index is 11.6. The van der Waals surface area contributed by atoms with Gasteiger partial charge in [-0.2, -0.15) is 0 Å². The van der Waals surface area contributed by atoms with E-state index in [1.165, 1.54) is 0 Å². The molecule has 0 spiro atoms. The van der Waals surface area contributed by atoms with Crippen molar-refractivity contribution in [2.24, 2.45) is 0 Å². The van der Waals surface area contributed by atoms with Crippen LogP contribution in [0.2, 0.25) is 10.0 Å². The molecule has 0 aromatic heterocycles.